The Bertz CT molecular complexity index is 386. The monoisotopic (exact) mass is 198 g/mol. The highest BCUT2D eigenvalue weighted by atomic mass is 14.1. The van der Waals surface area contributed by atoms with Crippen molar-refractivity contribution in [3.05, 3.63) is 48.1 Å². The van der Waals surface area contributed by atoms with Gasteiger partial charge in [0.1, 0.15) is 7.85 Å². The van der Waals surface area contributed by atoms with E-state index < -0.39 is 0 Å². The Morgan fingerprint density at radius 2 is 2.07 bits per heavy atom. The van der Waals surface area contributed by atoms with E-state index in [1.165, 1.54) is 22.2 Å². The van der Waals surface area contributed by atoms with E-state index in [1.54, 1.807) is 0 Å². The number of hydrogen-bond acceptors (Lipinski definition) is 0. The minimum Gasteiger partial charge on any atom is -0.0985 e. The van der Waals surface area contributed by atoms with Gasteiger partial charge < -0.3 is 0 Å². The van der Waals surface area contributed by atoms with Gasteiger partial charge in [-0.3, -0.25) is 0 Å². The molecule has 0 spiro atoms. The van der Waals surface area contributed by atoms with Gasteiger partial charge in [0.2, 0.25) is 0 Å². The van der Waals surface area contributed by atoms with Crippen LogP contribution in [0, 0.1) is 0 Å². The largest absolute Gasteiger partial charge is 0.139 e. The molecule has 0 atom stereocenters. The zero-order valence-corrected chi connectivity index (χ0v) is 10.2. The Kier molecular flexibility index (Phi) is 3.96. The molecule has 0 aliphatic carbocycles. The fourth-order valence-electron chi connectivity index (χ4n) is 1.91. The Morgan fingerprint density at radius 3 is 2.47 bits per heavy atom. The molecule has 15 heavy (non-hydrogen) atoms. The summed E-state index contributed by atoms with van der Waals surface area (Å²) >= 11 is 0. The van der Waals surface area contributed by atoms with Gasteiger partial charge in [0.05, 0.1) is 0 Å². The van der Waals surface area contributed by atoms with Gasteiger partial charge in [0, 0.05) is 0 Å². The topological polar surface area (TPSA) is 0 Å². The minimum atomic E-state index is 0.594. The van der Waals surface area contributed by atoms with Crippen molar-refractivity contribution in [2.24, 2.45) is 0 Å². The fourth-order valence-corrected chi connectivity index (χ4v) is 1.91. The van der Waals surface area contributed by atoms with Crippen molar-refractivity contribution in [3.8, 4) is 0 Å². The van der Waals surface area contributed by atoms with E-state index in [0.717, 1.165) is 0 Å². The van der Waals surface area contributed by atoms with Crippen LogP contribution < -0.4 is 5.46 Å². The first-order valence-corrected chi connectivity index (χ1v) is 5.49. The van der Waals surface area contributed by atoms with Crippen molar-refractivity contribution < 1.29 is 0 Å². The van der Waals surface area contributed by atoms with Crippen LogP contribution in [0.2, 0.25) is 0 Å². The summed E-state index contributed by atoms with van der Waals surface area (Å²) < 4.78 is 0. The summed E-state index contributed by atoms with van der Waals surface area (Å²) in [4.78, 5) is 0. The molecule has 1 rings (SSSR count). The predicted molar refractivity (Wildman–Crippen MR) is 72.6 cm³/mol. The summed E-state index contributed by atoms with van der Waals surface area (Å²) in [5, 5.41) is 0. The first kappa shape index (κ1) is 11.8. The van der Waals surface area contributed by atoms with E-state index in [9.17, 15) is 0 Å². The lowest BCUT2D eigenvalue weighted by atomic mass is 9.83. The first-order chi connectivity index (χ1) is 7.10. The Balaban J connectivity index is 3.17. The molecule has 0 fully saturated rings. The molecule has 0 saturated carbocycles. The molecule has 0 bridgehead atoms. The third-order valence-electron chi connectivity index (χ3n) is 2.76. The van der Waals surface area contributed by atoms with E-state index in [-0.39, 0.29) is 0 Å². The Labute approximate surface area is 94.1 Å². The van der Waals surface area contributed by atoms with Gasteiger partial charge in [-0.15, -0.1) is 0 Å². The molecule has 78 valence electrons. The summed E-state index contributed by atoms with van der Waals surface area (Å²) in [6, 6.07) is 6.65. The molecule has 0 N–H and O–H groups in total. The van der Waals surface area contributed by atoms with E-state index >= 15 is 0 Å². The molecule has 1 aromatic carbocycles. The Morgan fingerprint density at radius 1 is 1.40 bits per heavy atom. The second-order valence-electron chi connectivity index (χ2n) is 4.17. The van der Waals surface area contributed by atoms with Gasteiger partial charge in [0.25, 0.3) is 0 Å². The van der Waals surface area contributed by atoms with Crippen molar-refractivity contribution >= 4 is 18.9 Å². The molecule has 0 nitrogen and oxygen atoms in total. The molecule has 0 unspecified atom stereocenters. The van der Waals surface area contributed by atoms with E-state index in [1.807, 2.05) is 13.0 Å². The maximum absolute atomic E-state index is 3.83. The SMILES string of the molecule is Bc1cc(/C(C=C)=C/C)ccc1C(C)C. The Hall–Kier alpha value is -1.24. The molecule has 0 aliphatic heterocycles. The number of rotatable bonds is 3. The van der Waals surface area contributed by atoms with Crippen LogP contribution in [0.4, 0.5) is 0 Å². The average Bonchev–Trinajstić information content (AvgIpc) is 2.19. The second kappa shape index (κ2) is 5.02. The van der Waals surface area contributed by atoms with Crippen LogP contribution in [0.15, 0.2) is 36.9 Å². The highest BCUT2D eigenvalue weighted by Crippen LogP contribution is 2.18. The van der Waals surface area contributed by atoms with E-state index in [2.05, 4.69) is 52.5 Å². The quantitative estimate of drug-likeness (QED) is 0.517. The zero-order chi connectivity index (χ0) is 11.4. The third-order valence-corrected chi connectivity index (χ3v) is 2.76. The molecular formula is C14H19B. The van der Waals surface area contributed by atoms with Crippen molar-refractivity contribution in [2.45, 2.75) is 26.7 Å². The minimum absolute atomic E-state index is 0.594. The standard InChI is InChI=1S/C14H19B/c1-5-11(6-2)12-7-8-13(10(3)4)14(15)9-12/h5-10H,1,15H2,2-4H3/b11-6+. The van der Waals surface area contributed by atoms with Crippen LogP contribution in [-0.2, 0) is 0 Å². The number of hydrogen-bond donors (Lipinski definition) is 0. The van der Waals surface area contributed by atoms with Crippen LogP contribution >= 0.6 is 0 Å². The van der Waals surface area contributed by atoms with Crippen molar-refractivity contribution in [1.82, 2.24) is 0 Å². The van der Waals surface area contributed by atoms with Crippen LogP contribution in [-0.4, -0.2) is 7.85 Å². The van der Waals surface area contributed by atoms with Crippen molar-refractivity contribution in [1.29, 1.82) is 0 Å². The van der Waals surface area contributed by atoms with Crippen LogP contribution in [0.25, 0.3) is 5.57 Å². The molecule has 0 aliphatic rings. The van der Waals surface area contributed by atoms with E-state index in [4.69, 9.17) is 0 Å². The van der Waals surface area contributed by atoms with Crippen LogP contribution in [0.5, 0.6) is 0 Å². The highest BCUT2D eigenvalue weighted by molar-refractivity contribution is 6.33. The fraction of sp³-hybridized carbons (Fsp3) is 0.286. The van der Waals surface area contributed by atoms with Gasteiger partial charge in [-0.1, -0.05) is 61.8 Å². The molecule has 0 saturated heterocycles. The summed E-state index contributed by atoms with van der Waals surface area (Å²) in [5.74, 6) is 0.594. The zero-order valence-electron chi connectivity index (χ0n) is 10.2. The molecule has 0 amide bonds. The van der Waals surface area contributed by atoms with Crippen LogP contribution in [0.1, 0.15) is 37.8 Å². The number of benzene rings is 1. The summed E-state index contributed by atoms with van der Waals surface area (Å²) in [5.41, 5.74) is 5.25. The molecule has 1 heteroatoms. The van der Waals surface area contributed by atoms with Gasteiger partial charge in [-0.2, -0.15) is 0 Å². The molecule has 1 aromatic rings. The second-order valence-corrected chi connectivity index (χ2v) is 4.17. The third kappa shape index (κ3) is 2.62. The lowest BCUT2D eigenvalue weighted by Gasteiger charge is -2.12. The normalized spacial score (nSPS) is 11.9. The van der Waals surface area contributed by atoms with Crippen LogP contribution in [0.3, 0.4) is 0 Å². The molecule has 0 radical (unpaired) electrons. The molecular weight excluding hydrogens is 179 g/mol. The molecule has 0 heterocycles. The number of allylic oxidation sites excluding steroid dienone is 3. The average molecular weight is 198 g/mol. The lowest BCUT2D eigenvalue weighted by molar-refractivity contribution is 0.873. The van der Waals surface area contributed by atoms with Gasteiger partial charge in [0.15, 0.2) is 0 Å². The summed E-state index contributed by atoms with van der Waals surface area (Å²) in [6.07, 6.45) is 4.00. The van der Waals surface area contributed by atoms with Gasteiger partial charge in [-0.05, 0) is 24.0 Å². The predicted octanol–water partition coefficient (Wildman–Crippen LogP) is 2.66. The van der Waals surface area contributed by atoms with E-state index in [0.29, 0.717) is 5.92 Å². The summed E-state index contributed by atoms with van der Waals surface area (Å²) in [7, 11) is 2.18. The van der Waals surface area contributed by atoms with Gasteiger partial charge >= 0.3 is 0 Å². The van der Waals surface area contributed by atoms with Gasteiger partial charge in [-0.25, -0.2) is 0 Å². The lowest BCUT2D eigenvalue weighted by Crippen LogP contribution is -2.12. The highest BCUT2D eigenvalue weighted by Gasteiger charge is 2.04. The summed E-state index contributed by atoms with van der Waals surface area (Å²) in [6.45, 7) is 10.3. The molecule has 0 aromatic heterocycles. The maximum atomic E-state index is 3.83. The van der Waals surface area contributed by atoms with Crippen molar-refractivity contribution in [2.75, 3.05) is 0 Å². The first-order valence-electron chi connectivity index (χ1n) is 5.49. The van der Waals surface area contributed by atoms with Crippen molar-refractivity contribution in [3.63, 3.8) is 0 Å². The smallest absolute Gasteiger partial charge is 0.0985 e. The maximum Gasteiger partial charge on any atom is 0.139 e.